The molecule has 0 N–H and O–H groups in total. The lowest BCUT2D eigenvalue weighted by Gasteiger charge is -2.22. The number of nitrogens with zero attached hydrogens (tertiary/aromatic N) is 1. The van der Waals surface area contributed by atoms with Crippen LogP contribution in [0.2, 0.25) is 0 Å². The monoisotopic (exact) mass is 563 g/mol. The van der Waals surface area contributed by atoms with Crippen LogP contribution in [0.25, 0.3) is 77.4 Å². The third kappa shape index (κ3) is 3.55. The van der Waals surface area contributed by atoms with Crippen molar-refractivity contribution in [3.63, 3.8) is 0 Å². The fourth-order valence-corrected chi connectivity index (χ4v) is 7.17. The minimum Gasteiger partial charge on any atom is -0.456 e. The van der Waals surface area contributed by atoms with Gasteiger partial charge < -0.3 is 9.30 Å². The fraction of sp³-hybridized carbons (Fsp3) is 0.0476. The van der Waals surface area contributed by atoms with Crippen LogP contribution < -0.4 is 4.74 Å². The molecule has 208 valence electrons. The van der Waals surface area contributed by atoms with Gasteiger partial charge >= 0.3 is 0 Å². The molecule has 0 spiro atoms. The van der Waals surface area contributed by atoms with E-state index in [2.05, 4.69) is 158 Å². The first-order chi connectivity index (χ1) is 21.7. The molecule has 8 aromatic rings. The summed E-state index contributed by atoms with van der Waals surface area (Å²) in [5.74, 6) is 1.83. The number of ether oxygens (including phenoxy) is 1. The van der Waals surface area contributed by atoms with Crippen molar-refractivity contribution in [1.82, 2.24) is 4.57 Å². The van der Waals surface area contributed by atoms with Gasteiger partial charge in [-0.2, -0.15) is 0 Å². The van der Waals surface area contributed by atoms with Crippen molar-refractivity contribution in [2.24, 2.45) is 0 Å². The molecule has 0 bridgehead atoms. The lowest BCUT2D eigenvalue weighted by Crippen LogP contribution is -1.98. The Hall–Kier alpha value is -5.60. The number of allylic oxidation sites excluding steroid dienone is 1. The van der Waals surface area contributed by atoms with Crippen molar-refractivity contribution < 1.29 is 4.74 Å². The van der Waals surface area contributed by atoms with Crippen LogP contribution in [0.3, 0.4) is 0 Å². The molecule has 0 atom stereocenters. The van der Waals surface area contributed by atoms with Crippen LogP contribution in [-0.4, -0.2) is 4.57 Å². The average Bonchev–Trinajstić information content (AvgIpc) is 3.41. The van der Waals surface area contributed by atoms with Crippen LogP contribution >= 0.6 is 0 Å². The zero-order valence-electron chi connectivity index (χ0n) is 24.6. The summed E-state index contributed by atoms with van der Waals surface area (Å²) < 4.78 is 8.83. The van der Waals surface area contributed by atoms with Gasteiger partial charge in [-0.25, -0.2) is 0 Å². The molecule has 44 heavy (non-hydrogen) atoms. The second-order valence-electron chi connectivity index (χ2n) is 11.7. The molecule has 7 aromatic carbocycles. The molecular formula is C42H29NO. The van der Waals surface area contributed by atoms with Crippen molar-refractivity contribution in [2.45, 2.75) is 13.8 Å². The number of aromatic nitrogens is 1. The average molecular weight is 564 g/mol. The van der Waals surface area contributed by atoms with E-state index in [9.17, 15) is 0 Å². The second kappa shape index (κ2) is 9.45. The summed E-state index contributed by atoms with van der Waals surface area (Å²) in [5.41, 5.74) is 10.9. The largest absolute Gasteiger partial charge is 0.456 e. The van der Waals surface area contributed by atoms with Crippen LogP contribution in [0, 0.1) is 6.92 Å². The molecule has 0 saturated carbocycles. The van der Waals surface area contributed by atoms with Gasteiger partial charge in [0.2, 0.25) is 0 Å². The number of hydrogen-bond acceptors (Lipinski definition) is 1. The van der Waals surface area contributed by atoms with Gasteiger partial charge in [0.05, 0.1) is 11.0 Å². The Morgan fingerprint density at radius 1 is 0.568 bits per heavy atom. The molecule has 0 saturated heterocycles. The predicted molar refractivity (Wildman–Crippen MR) is 186 cm³/mol. The number of fused-ring (bicyclic) bond motifs is 7. The minimum absolute atomic E-state index is 0.903. The smallest absolute Gasteiger partial charge is 0.135 e. The van der Waals surface area contributed by atoms with E-state index in [1.807, 2.05) is 0 Å². The van der Waals surface area contributed by atoms with Gasteiger partial charge in [-0.3, -0.25) is 0 Å². The number of hydrogen-bond donors (Lipinski definition) is 0. The Balaban J connectivity index is 1.24. The lowest BCUT2D eigenvalue weighted by molar-refractivity contribution is 0.487. The summed E-state index contributed by atoms with van der Waals surface area (Å²) in [6, 6.07) is 46.1. The van der Waals surface area contributed by atoms with E-state index in [0.29, 0.717) is 0 Å². The molecule has 2 heterocycles. The summed E-state index contributed by atoms with van der Waals surface area (Å²) in [6.07, 6.45) is 4.39. The van der Waals surface area contributed by atoms with E-state index in [1.54, 1.807) is 0 Å². The normalized spacial score (nSPS) is 12.4. The Bertz CT molecular complexity index is 2470. The van der Waals surface area contributed by atoms with Crippen molar-refractivity contribution in [3.8, 4) is 39.4 Å². The van der Waals surface area contributed by atoms with Crippen LogP contribution in [-0.2, 0) is 0 Å². The molecule has 2 heteroatoms. The van der Waals surface area contributed by atoms with E-state index < -0.39 is 0 Å². The van der Waals surface area contributed by atoms with Crippen LogP contribution in [0.15, 0.2) is 133 Å². The van der Waals surface area contributed by atoms with Crippen molar-refractivity contribution >= 4 is 49.4 Å². The Morgan fingerprint density at radius 2 is 1.32 bits per heavy atom. The molecule has 1 aliphatic rings. The molecular weight excluding hydrogens is 534 g/mol. The highest BCUT2D eigenvalue weighted by atomic mass is 16.5. The molecule has 0 aliphatic carbocycles. The molecule has 9 rings (SSSR count). The highest BCUT2D eigenvalue weighted by Gasteiger charge is 2.21. The maximum absolute atomic E-state index is 6.36. The van der Waals surface area contributed by atoms with Gasteiger partial charge in [0.1, 0.15) is 11.5 Å². The second-order valence-corrected chi connectivity index (χ2v) is 11.7. The first kappa shape index (κ1) is 24.9. The predicted octanol–water partition coefficient (Wildman–Crippen LogP) is 11.9. The van der Waals surface area contributed by atoms with Crippen molar-refractivity contribution in [1.29, 1.82) is 0 Å². The summed E-state index contributed by atoms with van der Waals surface area (Å²) in [5, 5.41) is 7.44. The van der Waals surface area contributed by atoms with E-state index in [-0.39, 0.29) is 0 Å². The zero-order chi connectivity index (χ0) is 29.4. The Kier molecular flexibility index (Phi) is 5.36. The number of rotatable bonds is 3. The minimum atomic E-state index is 0.903. The van der Waals surface area contributed by atoms with Gasteiger partial charge in [0.25, 0.3) is 0 Å². The Morgan fingerprint density at radius 3 is 2.18 bits per heavy atom. The number of aryl methyl sites for hydroxylation is 1. The van der Waals surface area contributed by atoms with E-state index in [0.717, 1.165) is 22.7 Å². The standard InChI is InChI=1S/C42H29NO/c1-3-8-32-26(2)15-22-35-36-23-18-28-9-4-5-12-33(28)42(36)43(41(32)35)31-20-16-27(17-21-31)30-19-24-38-37(25-30)34-13-6-10-29-11-7-14-39(44-38)40(29)34/h3-25H,1-2H3/b8-3-. The molecule has 0 unspecified atom stereocenters. The highest BCUT2D eigenvalue weighted by molar-refractivity contribution is 6.20. The summed E-state index contributed by atoms with van der Waals surface area (Å²) >= 11 is 0. The van der Waals surface area contributed by atoms with Gasteiger partial charge in [-0.1, -0.05) is 109 Å². The lowest BCUT2D eigenvalue weighted by atomic mass is 9.92. The first-order valence-electron chi connectivity index (χ1n) is 15.2. The molecule has 1 aliphatic heterocycles. The SMILES string of the molecule is C/C=C\c1c(C)ccc2c3ccc4ccccc4c3n(-c3ccc(-c4ccc5c(c4)-c4cccc6cccc(c46)O5)cc3)c12. The summed E-state index contributed by atoms with van der Waals surface area (Å²) in [4.78, 5) is 0. The molecule has 0 radical (unpaired) electrons. The maximum Gasteiger partial charge on any atom is 0.135 e. The quantitative estimate of drug-likeness (QED) is 0.208. The van der Waals surface area contributed by atoms with Gasteiger partial charge in [0, 0.05) is 38.4 Å². The van der Waals surface area contributed by atoms with Gasteiger partial charge in [-0.05, 0) is 77.2 Å². The number of benzene rings is 7. The Labute approximate surface area is 256 Å². The third-order valence-electron chi connectivity index (χ3n) is 9.22. The molecule has 0 amide bonds. The topological polar surface area (TPSA) is 14.2 Å². The zero-order valence-corrected chi connectivity index (χ0v) is 24.6. The van der Waals surface area contributed by atoms with Crippen molar-refractivity contribution in [3.05, 3.63) is 145 Å². The highest BCUT2D eigenvalue weighted by Crippen LogP contribution is 2.47. The molecule has 2 nitrogen and oxygen atoms in total. The van der Waals surface area contributed by atoms with E-state index in [1.165, 1.54) is 71.2 Å². The molecule has 0 fully saturated rings. The van der Waals surface area contributed by atoms with Crippen LogP contribution in [0.4, 0.5) is 0 Å². The summed E-state index contributed by atoms with van der Waals surface area (Å²) in [7, 11) is 0. The van der Waals surface area contributed by atoms with Gasteiger partial charge in [0.15, 0.2) is 0 Å². The first-order valence-corrected chi connectivity index (χ1v) is 15.2. The van der Waals surface area contributed by atoms with Crippen molar-refractivity contribution in [2.75, 3.05) is 0 Å². The van der Waals surface area contributed by atoms with E-state index in [4.69, 9.17) is 4.74 Å². The van der Waals surface area contributed by atoms with Crippen LogP contribution in [0.1, 0.15) is 18.1 Å². The summed E-state index contributed by atoms with van der Waals surface area (Å²) in [6.45, 7) is 4.30. The van der Waals surface area contributed by atoms with Gasteiger partial charge in [-0.15, -0.1) is 0 Å². The van der Waals surface area contributed by atoms with Crippen LogP contribution in [0.5, 0.6) is 11.5 Å². The maximum atomic E-state index is 6.36. The van der Waals surface area contributed by atoms with E-state index >= 15 is 0 Å². The third-order valence-corrected chi connectivity index (χ3v) is 9.22. The fourth-order valence-electron chi connectivity index (χ4n) is 7.17. The molecule has 1 aromatic heterocycles.